The van der Waals surface area contributed by atoms with E-state index in [9.17, 15) is 15.3 Å². The number of para-hydroxylation sites is 1. The van der Waals surface area contributed by atoms with Crippen molar-refractivity contribution < 1.29 is 24.8 Å². The number of rotatable bonds is 4. The van der Waals surface area contributed by atoms with E-state index in [4.69, 9.17) is 9.47 Å². The SMILES string of the molecule is C[C@@H]1Oc2ccccc2C[C@@H]1Nc1ncnc2c1ncn2[C@@H]1O[C@H](CO)[C@@H](O)[C@H]1O. The van der Waals surface area contributed by atoms with Crippen LogP contribution in [0.15, 0.2) is 36.9 Å². The zero-order valence-electron chi connectivity index (χ0n) is 16.3. The fourth-order valence-electron chi connectivity index (χ4n) is 4.07. The molecule has 0 spiro atoms. The maximum absolute atomic E-state index is 10.3. The van der Waals surface area contributed by atoms with Gasteiger partial charge in [0.05, 0.1) is 19.0 Å². The highest BCUT2D eigenvalue weighted by Crippen LogP contribution is 2.33. The lowest BCUT2D eigenvalue weighted by Crippen LogP contribution is -2.41. The van der Waals surface area contributed by atoms with E-state index < -0.39 is 31.1 Å². The molecule has 1 saturated heterocycles. The summed E-state index contributed by atoms with van der Waals surface area (Å²) >= 11 is 0. The van der Waals surface area contributed by atoms with Crippen molar-refractivity contribution in [1.29, 1.82) is 0 Å². The second-order valence-corrected chi connectivity index (χ2v) is 7.66. The van der Waals surface area contributed by atoms with E-state index in [-0.39, 0.29) is 12.1 Å². The maximum atomic E-state index is 10.3. The third kappa shape index (κ3) is 3.08. The smallest absolute Gasteiger partial charge is 0.167 e. The predicted octanol–water partition coefficient (Wildman–Crippen LogP) is 0.242. The molecule has 4 heterocycles. The number of aliphatic hydroxyl groups is 3. The van der Waals surface area contributed by atoms with Crippen molar-refractivity contribution in [1.82, 2.24) is 19.5 Å². The van der Waals surface area contributed by atoms with Crippen molar-refractivity contribution in [2.45, 2.75) is 50.0 Å². The predicted molar refractivity (Wildman–Crippen MR) is 106 cm³/mol. The molecule has 2 aliphatic heterocycles. The van der Waals surface area contributed by atoms with Crippen LogP contribution in [0.3, 0.4) is 0 Å². The van der Waals surface area contributed by atoms with Gasteiger partial charge in [-0.25, -0.2) is 15.0 Å². The Balaban J connectivity index is 1.43. The van der Waals surface area contributed by atoms with Gasteiger partial charge in [-0.05, 0) is 25.0 Å². The highest BCUT2D eigenvalue weighted by molar-refractivity contribution is 5.83. The Kier molecular flexibility index (Phi) is 4.78. The van der Waals surface area contributed by atoms with Gasteiger partial charge in [0.15, 0.2) is 23.2 Å². The summed E-state index contributed by atoms with van der Waals surface area (Å²) in [6, 6.07) is 7.94. The van der Waals surface area contributed by atoms with Crippen LogP contribution in [0.1, 0.15) is 18.7 Å². The van der Waals surface area contributed by atoms with Crippen molar-refractivity contribution in [2.75, 3.05) is 11.9 Å². The van der Waals surface area contributed by atoms with Gasteiger partial charge in [0.1, 0.15) is 36.5 Å². The second-order valence-electron chi connectivity index (χ2n) is 7.66. The first-order valence-corrected chi connectivity index (χ1v) is 9.88. The number of anilines is 1. The van der Waals surface area contributed by atoms with Gasteiger partial charge in [0.2, 0.25) is 0 Å². The lowest BCUT2D eigenvalue weighted by molar-refractivity contribution is -0.0511. The zero-order valence-corrected chi connectivity index (χ0v) is 16.3. The Labute approximate surface area is 172 Å². The Morgan fingerprint density at radius 2 is 2.00 bits per heavy atom. The average Bonchev–Trinajstić information content (AvgIpc) is 3.30. The van der Waals surface area contributed by atoms with Gasteiger partial charge in [0, 0.05) is 0 Å². The number of fused-ring (bicyclic) bond motifs is 2. The second kappa shape index (κ2) is 7.47. The number of hydrogen-bond acceptors (Lipinski definition) is 9. The number of aromatic nitrogens is 4. The normalized spacial score (nSPS) is 30.8. The Morgan fingerprint density at radius 3 is 2.80 bits per heavy atom. The van der Waals surface area contributed by atoms with Crippen molar-refractivity contribution >= 4 is 17.0 Å². The van der Waals surface area contributed by atoms with Crippen LogP contribution in [0.5, 0.6) is 5.75 Å². The summed E-state index contributed by atoms with van der Waals surface area (Å²) < 4.78 is 13.2. The average molecular weight is 413 g/mol. The minimum Gasteiger partial charge on any atom is -0.488 e. The molecule has 10 nitrogen and oxygen atoms in total. The maximum Gasteiger partial charge on any atom is 0.167 e. The van der Waals surface area contributed by atoms with Crippen LogP contribution in [0.25, 0.3) is 11.2 Å². The molecule has 2 aromatic heterocycles. The summed E-state index contributed by atoms with van der Waals surface area (Å²) in [5.41, 5.74) is 2.09. The number of nitrogens with one attached hydrogen (secondary N) is 1. The summed E-state index contributed by atoms with van der Waals surface area (Å²) in [5, 5.41) is 33.1. The molecule has 4 N–H and O–H groups in total. The molecule has 0 saturated carbocycles. The number of ether oxygens (including phenoxy) is 2. The van der Waals surface area contributed by atoms with Gasteiger partial charge < -0.3 is 30.1 Å². The van der Waals surface area contributed by atoms with Gasteiger partial charge in [-0.15, -0.1) is 0 Å². The Hall–Kier alpha value is -2.79. The first-order valence-electron chi connectivity index (χ1n) is 9.88. The van der Waals surface area contributed by atoms with Crippen LogP contribution in [0, 0.1) is 0 Å². The molecule has 0 bridgehead atoms. The molecule has 2 aliphatic rings. The monoisotopic (exact) mass is 413 g/mol. The summed E-state index contributed by atoms with van der Waals surface area (Å²) in [7, 11) is 0. The molecule has 0 amide bonds. The molecule has 3 aromatic rings. The van der Waals surface area contributed by atoms with E-state index in [1.165, 1.54) is 12.7 Å². The largest absolute Gasteiger partial charge is 0.488 e. The number of benzene rings is 1. The van der Waals surface area contributed by atoms with Crippen molar-refractivity contribution in [3.8, 4) is 5.75 Å². The number of imidazole rings is 1. The van der Waals surface area contributed by atoms with Crippen molar-refractivity contribution in [2.24, 2.45) is 0 Å². The molecule has 6 atom stereocenters. The molecule has 0 aliphatic carbocycles. The summed E-state index contributed by atoms with van der Waals surface area (Å²) in [4.78, 5) is 13.0. The molecule has 10 heteroatoms. The third-order valence-corrected chi connectivity index (χ3v) is 5.76. The lowest BCUT2D eigenvalue weighted by Gasteiger charge is -2.32. The zero-order chi connectivity index (χ0) is 20.8. The van der Waals surface area contributed by atoms with Crippen LogP contribution >= 0.6 is 0 Å². The fourth-order valence-corrected chi connectivity index (χ4v) is 4.07. The van der Waals surface area contributed by atoms with E-state index in [1.54, 1.807) is 4.57 Å². The molecule has 1 fully saturated rings. The van der Waals surface area contributed by atoms with Crippen LogP contribution in [-0.4, -0.2) is 71.9 Å². The van der Waals surface area contributed by atoms with Crippen LogP contribution in [0.2, 0.25) is 0 Å². The van der Waals surface area contributed by atoms with Crippen LogP contribution < -0.4 is 10.1 Å². The number of nitrogens with zero attached hydrogens (tertiary/aromatic N) is 4. The van der Waals surface area contributed by atoms with Gasteiger partial charge in [-0.1, -0.05) is 18.2 Å². The van der Waals surface area contributed by atoms with Gasteiger partial charge in [-0.3, -0.25) is 4.57 Å². The first-order chi connectivity index (χ1) is 14.6. The van der Waals surface area contributed by atoms with Gasteiger partial charge in [-0.2, -0.15) is 0 Å². The van der Waals surface area contributed by atoms with Gasteiger partial charge in [0.25, 0.3) is 0 Å². The fraction of sp³-hybridized carbons (Fsp3) is 0.450. The van der Waals surface area contributed by atoms with Crippen LogP contribution in [0.4, 0.5) is 5.82 Å². The van der Waals surface area contributed by atoms with Crippen molar-refractivity contribution in [3.05, 3.63) is 42.5 Å². The number of hydrogen-bond donors (Lipinski definition) is 4. The van der Waals surface area contributed by atoms with E-state index in [0.717, 1.165) is 17.7 Å². The lowest BCUT2D eigenvalue weighted by atomic mass is 9.98. The topological polar surface area (TPSA) is 135 Å². The third-order valence-electron chi connectivity index (χ3n) is 5.76. The first kappa shape index (κ1) is 19.2. The molecule has 30 heavy (non-hydrogen) atoms. The van der Waals surface area contributed by atoms with E-state index in [0.29, 0.717) is 17.0 Å². The van der Waals surface area contributed by atoms with Crippen LogP contribution in [-0.2, 0) is 11.2 Å². The number of aliphatic hydroxyl groups excluding tert-OH is 3. The molecular formula is C20H23N5O5. The summed E-state index contributed by atoms with van der Waals surface area (Å²) in [6.07, 6.45) is -0.596. The minimum absolute atomic E-state index is 0.0166. The molecule has 5 rings (SSSR count). The van der Waals surface area contributed by atoms with Gasteiger partial charge >= 0.3 is 0 Å². The summed E-state index contributed by atoms with van der Waals surface area (Å²) in [5.74, 6) is 1.44. The summed E-state index contributed by atoms with van der Waals surface area (Å²) in [6.45, 7) is 1.61. The van der Waals surface area contributed by atoms with Crippen molar-refractivity contribution in [3.63, 3.8) is 0 Å². The quantitative estimate of drug-likeness (QED) is 0.474. The minimum atomic E-state index is -1.21. The van der Waals surface area contributed by atoms with E-state index in [2.05, 4.69) is 20.3 Å². The Bertz CT molecular complexity index is 1060. The molecular weight excluding hydrogens is 390 g/mol. The molecule has 1 aromatic carbocycles. The highest BCUT2D eigenvalue weighted by atomic mass is 16.6. The van der Waals surface area contributed by atoms with E-state index in [1.807, 2.05) is 31.2 Å². The highest BCUT2D eigenvalue weighted by Gasteiger charge is 2.44. The Morgan fingerprint density at radius 1 is 1.17 bits per heavy atom. The molecule has 158 valence electrons. The molecule has 0 unspecified atom stereocenters. The standard InChI is InChI=1S/C20H23N5O5/c1-10-12(6-11-4-2-3-5-13(11)29-10)24-18-15-19(22-8-21-18)25(9-23-15)20-17(28)16(27)14(7-26)30-20/h2-5,8-10,12,14,16-17,20,26-28H,6-7H2,1H3,(H,21,22,24)/t10-,12-,14+,16+,17+,20+/m0/s1. The van der Waals surface area contributed by atoms with E-state index >= 15 is 0 Å². The molecule has 0 radical (unpaired) electrons.